The summed E-state index contributed by atoms with van der Waals surface area (Å²) < 4.78 is 0. The van der Waals surface area contributed by atoms with E-state index >= 15 is 0 Å². The summed E-state index contributed by atoms with van der Waals surface area (Å²) in [6.45, 7) is 3.70. The van der Waals surface area contributed by atoms with Gasteiger partial charge in [-0.15, -0.1) is 0 Å². The number of nitrogens with two attached hydrogens (primary N) is 1. The van der Waals surface area contributed by atoms with Crippen LogP contribution in [0.2, 0.25) is 0 Å². The lowest BCUT2D eigenvalue weighted by Gasteiger charge is -2.26. The van der Waals surface area contributed by atoms with Gasteiger partial charge in [0.15, 0.2) is 0 Å². The van der Waals surface area contributed by atoms with Gasteiger partial charge in [0.25, 0.3) is 0 Å². The normalized spacial score (nSPS) is 18.3. The van der Waals surface area contributed by atoms with E-state index in [9.17, 15) is 24.3 Å². The number of carbonyl (C=O) groups excluding carboxylic acids is 3. The molecule has 0 radical (unpaired) electrons. The van der Waals surface area contributed by atoms with Crippen molar-refractivity contribution in [2.24, 2.45) is 11.7 Å². The minimum Gasteiger partial charge on any atom is -0.480 e. The maximum Gasteiger partial charge on any atom is 0.326 e. The van der Waals surface area contributed by atoms with Crippen LogP contribution in [0.25, 0.3) is 0 Å². The predicted octanol–water partition coefficient (Wildman–Crippen LogP) is -1.39. The summed E-state index contributed by atoms with van der Waals surface area (Å²) in [4.78, 5) is 56.6. The molecule has 1 aromatic heterocycles. The highest BCUT2D eigenvalue weighted by Crippen LogP contribution is 2.18. The molecule has 6 N–H and O–H groups in total. The third-order valence-electron chi connectivity index (χ3n) is 4.90. The summed E-state index contributed by atoms with van der Waals surface area (Å²) in [6, 6.07) is -2.65. The van der Waals surface area contributed by atoms with Gasteiger partial charge < -0.3 is 31.4 Å². The number of aliphatic carboxylic acids is 1. The molecule has 0 spiro atoms. The predicted molar refractivity (Wildman–Crippen MR) is 102 cm³/mol. The van der Waals surface area contributed by atoms with Crippen LogP contribution in [0.4, 0.5) is 0 Å². The number of carbonyl (C=O) groups is 4. The van der Waals surface area contributed by atoms with E-state index in [0.717, 1.165) is 0 Å². The molecule has 0 aliphatic carbocycles. The van der Waals surface area contributed by atoms with Crippen molar-refractivity contribution in [3.8, 4) is 0 Å². The summed E-state index contributed by atoms with van der Waals surface area (Å²) in [6.07, 6.45) is 3.99. The van der Waals surface area contributed by atoms with E-state index in [-0.39, 0.29) is 18.9 Å². The number of hydrogen-bond donors (Lipinski definition) is 5. The lowest BCUT2D eigenvalue weighted by atomic mass is 10.1. The van der Waals surface area contributed by atoms with E-state index in [1.165, 1.54) is 17.4 Å². The van der Waals surface area contributed by atoms with Crippen molar-refractivity contribution >= 4 is 23.7 Å². The van der Waals surface area contributed by atoms with Gasteiger partial charge in [0.05, 0.1) is 18.9 Å². The third kappa shape index (κ3) is 6.01. The highest BCUT2D eigenvalue weighted by Gasteiger charge is 2.36. The largest absolute Gasteiger partial charge is 0.480 e. The zero-order valence-electron chi connectivity index (χ0n) is 16.6. The SMILES string of the molecule is CC(C)C(N)C(=O)NCC(=O)N1CCCC1C(=O)NC(Cc1cnc[nH]1)C(=O)O. The molecular weight excluding hydrogens is 380 g/mol. The monoisotopic (exact) mass is 408 g/mol. The highest BCUT2D eigenvalue weighted by atomic mass is 16.4. The molecule has 0 bridgehead atoms. The van der Waals surface area contributed by atoms with Gasteiger partial charge in [-0.1, -0.05) is 13.8 Å². The second-order valence-corrected chi connectivity index (χ2v) is 7.41. The Morgan fingerprint density at radius 3 is 2.69 bits per heavy atom. The van der Waals surface area contributed by atoms with E-state index in [1.807, 2.05) is 0 Å². The molecule has 2 rings (SSSR count). The Bertz CT molecular complexity index is 735. The third-order valence-corrected chi connectivity index (χ3v) is 4.90. The summed E-state index contributed by atoms with van der Waals surface area (Å²) in [5.74, 6) is -2.63. The Kier molecular flexibility index (Phi) is 7.71. The number of nitrogens with zero attached hydrogens (tertiary/aromatic N) is 2. The molecule has 11 heteroatoms. The van der Waals surface area contributed by atoms with Gasteiger partial charge in [0.2, 0.25) is 17.7 Å². The lowest BCUT2D eigenvalue weighted by molar-refractivity contribution is -0.144. The first-order valence-electron chi connectivity index (χ1n) is 9.54. The molecule has 1 aliphatic heterocycles. The topological polar surface area (TPSA) is 171 Å². The maximum atomic E-state index is 12.6. The second kappa shape index (κ2) is 10.0. The van der Waals surface area contributed by atoms with Gasteiger partial charge >= 0.3 is 5.97 Å². The summed E-state index contributed by atoms with van der Waals surface area (Å²) in [5, 5.41) is 14.4. The van der Waals surface area contributed by atoms with Gasteiger partial charge in [0, 0.05) is 24.9 Å². The van der Waals surface area contributed by atoms with Gasteiger partial charge in [-0.3, -0.25) is 14.4 Å². The van der Waals surface area contributed by atoms with E-state index in [2.05, 4.69) is 20.6 Å². The smallest absolute Gasteiger partial charge is 0.326 e. The van der Waals surface area contributed by atoms with E-state index in [1.54, 1.807) is 13.8 Å². The molecule has 3 atom stereocenters. The first-order valence-corrected chi connectivity index (χ1v) is 9.54. The van der Waals surface area contributed by atoms with Crippen LogP contribution in [0.5, 0.6) is 0 Å². The minimum atomic E-state index is -1.18. The number of hydrogen-bond acceptors (Lipinski definition) is 6. The van der Waals surface area contributed by atoms with Crippen LogP contribution in [0.1, 0.15) is 32.4 Å². The Balaban J connectivity index is 1.94. The van der Waals surface area contributed by atoms with Crippen LogP contribution < -0.4 is 16.4 Å². The number of rotatable bonds is 9. The molecule has 29 heavy (non-hydrogen) atoms. The highest BCUT2D eigenvalue weighted by molar-refractivity contribution is 5.93. The minimum absolute atomic E-state index is 0.0465. The summed E-state index contributed by atoms with van der Waals surface area (Å²) in [7, 11) is 0. The van der Waals surface area contributed by atoms with Crippen LogP contribution in [-0.4, -0.2) is 74.9 Å². The van der Waals surface area contributed by atoms with Crippen molar-refractivity contribution in [2.75, 3.05) is 13.1 Å². The molecule has 1 saturated heterocycles. The van der Waals surface area contributed by atoms with Crippen LogP contribution in [0, 0.1) is 5.92 Å². The fourth-order valence-electron chi connectivity index (χ4n) is 3.11. The molecule has 1 aliphatic rings. The molecular formula is C18H28N6O5. The van der Waals surface area contributed by atoms with Gasteiger partial charge in [0.1, 0.15) is 12.1 Å². The van der Waals surface area contributed by atoms with Gasteiger partial charge in [-0.2, -0.15) is 0 Å². The first kappa shape index (κ1) is 22.3. The fraction of sp³-hybridized carbons (Fsp3) is 0.611. The van der Waals surface area contributed by atoms with Gasteiger partial charge in [-0.05, 0) is 18.8 Å². The van der Waals surface area contributed by atoms with Crippen LogP contribution in [-0.2, 0) is 25.6 Å². The molecule has 1 fully saturated rings. The number of imidazole rings is 1. The summed E-state index contributed by atoms with van der Waals surface area (Å²) in [5.41, 5.74) is 6.32. The van der Waals surface area contributed by atoms with Gasteiger partial charge in [-0.25, -0.2) is 9.78 Å². The zero-order chi connectivity index (χ0) is 21.6. The fourth-order valence-corrected chi connectivity index (χ4v) is 3.11. The molecule has 11 nitrogen and oxygen atoms in total. The molecule has 1 aromatic rings. The number of aromatic amines is 1. The quantitative estimate of drug-likeness (QED) is 0.335. The number of carboxylic acids is 1. The van der Waals surface area contributed by atoms with Crippen molar-refractivity contribution in [3.05, 3.63) is 18.2 Å². The molecule has 160 valence electrons. The summed E-state index contributed by atoms with van der Waals surface area (Å²) >= 11 is 0. The molecule has 3 amide bonds. The number of amides is 3. The molecule has 2 heterocycles. The Hall–Kier alpha value is -2.95. The number of nitrogens with one attached hydrogen (secondary N) is 3. The molecule has 0 aromatic carbocycles. The average molecular weight is 408 g/mol. The zero-order valence-corrected chi connectivity index (χ0v) is 16.6. The lowest BCUT2D eigenvalue weighted by Crippen LogP contribution is -2.53. The van der Waals surface area contributed by atoms with Crippen molar-refractivity contribution < 1.29 is 24.3 Å². The van der Waals surface area contributed by atoms with E-state index in [0.29, 0.717) is 25.1 Å². The second-order valence-electron chi connectivity index (χ2n) is 7.41. The Labute approximate surface area is 168 Å². The number of carboxylic acid groups (broad SMARTS) is 1. The van der Waals surface area contributed by atoms with Crippen molar-refractivity contribution in [1.82, 2.24) is 25.5 Å². The standard InChI is InChI=1S/C18H28N6O5/c1-10(2)15(19)17(27)21-8-14(25)24-5-3-4-13(24)16(26)23-12(18(28)29)6-11-7-20-9-22-11/h7,9-10,12-13,15H,3-6,8,19H2,1-2H3,(H,20,22)(H,21,27)(H,23,26)(H,28,29). The molecule has 3 unspecified atom stereocenters. The number of likely N-dealkylation sites (tertiary alicyclic amines) is 1. The Morgan fingerprint density at radius 2 is 2.10 bits per heavy atom. The van der Waals surface area contributed by atoms with Crippen molar-refractivity contribution in [2.45, 2.75) is 51.2 Å². The molecule has 0 saturated carbocycles. The van der Waals surface area contributed by atoms with Crippen LogP contribution in [0.15, 0.2) is 12.5 Å². The van der Waals surface area contributed by atoms with E-state index in [4.69, 9.17) is 5.73 Å². The van der Waals surface area contributed by atoms with Crippen LogP contribution in [0.3, 0.4) is 0 Å². The van der Waals surface area contributed by atoms with E-state index < -0.39 is 41.8 Å². The average Bonchev–Trinajstić information content (AvgIpc) is 3.36. The maximum absolute atomic E-state index is 12.6. The number of H-pyrrole nitrogens is 1. The van der Waals surface area contributed by atoms with Crippen molar-refractivity contribution in [1.29, 1.82) is 0 Å². The van der Waals surface area contributed by atoms with Crippen LogP contribution >= 0.6 is 0 Å². The number of aromatic nitrogens is 2. The van der Waals surface area contributed by atoms with Crippen molar-refractivity contribution in [3.63, 3.8) is 0 Å². The first-order chi connectivity index (χ1) is 13.7. The Morgan fingerprint density at radius 1 is 1.38 bits per heavy atom.